The number of hydrogen-bond donors (Lipinski definition) is 0. The Morgan fingerprint density at radius 2 is 2.00 bits per heavy atom. The summed E-state index contributed by atoms with van der Waals surface area (Å²) in [7, 11) is 2.34. The lowest BCUT2D eigenvalue weighted by molar-refractivity contribution is 0.223. The van der Waals surface area contributed by atoms with Crippen molar-refractivity contribution in [3.05, 3.63) is 0 Å². The van der Waals surface area contributed by atoms with Crippen molar-refractivity contribution >= 4 is 0 Å². The Morgan fingerprint density at radius 1 is 1.08 bits per heavy atom. The zero-order chi connectivity index (χ0) is 8.13. The van der Waals surface area contributed by atoms with Crippen LogP contribution in [0.2, 0.25) is 0 Å². The van der Waals surface area contributed by atoms with E-state index in [0.717, 1.165) is 23.8 Å². The van der Waals surface area contributed by atoms with E-state index in [1.807, 2.05) is 0 Å². The zero-order valence-electron chi connectivity index (χ0n) is 8.00. The topological polar surface area (TPSA) is 3.24 Å². The van der Waals surface area contributed by atoms with Gasteiger partial charge in [-0.3, -0.25) is 0 Å². The maximum Gasteiger partial charge on any atom is 0.0152 e. The number of likely N-dealkylation sites (tertiary alicyclic amines) is 1. The first-order chi connectivity index (χ1) is 5.86. The summed E-state index contributed by atoms with van der Waals surface area (Å²) in [6.07, 6.45) is 7.67. The van der Waals surface area contributed by atoms with Gasteiger partial charge in [0, 0.05) is 6.04 Å². The van der Waals surface area contributed by atoms with Crippen molar-refractivity contribution in [2.75, 3.05) is 13.6 Å². The van der Waals surface area contributed by atoms with Gasteiger partial charge in [-0.05, 0) is 50.6 Å². The van der Waals surface area contributed by atoms with Gasteiger partial charge in [0.05, 0.1) is 0 Å². The third-order valence-corrected chi connectivity index (χ3v) is 4.61. The summed E-state index contributed by atoms with van der Waals surface area (Å²) in [5.41, 5.74) is 0. The van der Waals surface area contributed by atoms with E-state index in [1.165, 1.54) is 25.8 Å². The van der Waals surface area contributed by atoms with Crippen LogP contribution < -0.4 is 0 Å². The quantitative estimate of drug-likeness (QED) is 0.531. The van der Waals surface area contributed by atoms with E-state index in [4.69, 9.17) is 0 Å². The fourth-order valence-corrected chi connectivity index (χ4v) is 4.18. The normalized spacial score (nSPS) is 52.8. The molecule has 0 aromatic rings. The highest BCUT2D eigenvalue weighted by atomic mass is 15.2. The molecule has 0 aromatic heterocycles. The molecule has 2 aliphatic carbocycles. The second-order valence-corrected chi connectivity index (χ2v) is 5.11. The highest BCUT2D eigenvalue weighted by molar-refractivity contribution is 5.01. The molecule has 1 nitrogen and oxygen atoms in total. The molecule has 3 aliphatic rings. The van der Waals surface area contributed by atoms with Crippen molar-refractivity contribution in [3.63, 3.8) is 0 Å². The Kier molecular flexibility index (Phi) is 1.52. The molecule has 3 fully saturated rings. The van der Waals surface area contributed by atoms with Crippen LogP contribution in [-0.2, 0) is 0 Å². The summed E-state index contributed by atoms with van der Waals surface area (Å²) < 4.78 is 0. The Bertz CT molecular complexity index is 189. The summed E-state index contributed by atoms with van der Waals surface area (Å²) in [4.78, 5) is 2.64. The standard InChI is InChI=1S/C11H19N/c1-12-6-5-9-7-8-3-2-4-10(8)11(9)12/h8-11H,2-7H2,1H3. The summed E-state index contributed by atoms with van der Waals surface area (Å²) >= 11 is 0. The number of rotatable bonds is 0. The van der Waals surface area contributed by atoms with Crippen LogP contribution in [0.5, 0.6) is 0 Å². The lowest BCUT2D eigenvalue weighted by Gasteiger charge is -2.24. The molecule has 2 saturated carbocycles. The molecule has 4 unspecified atom stereocenters. The maximum absolute atomic E-state index is 2.64. The van der Waals surface area contributed by atoms with E-state index in [2.05, 4.69) is 11.9 Å². The number of fused-ring (bicyclic) bond motifs is 3. The van der Waals surface area contributed by atoms with Crippen LogP contribution in [0.4, 0.5) is 0 Å². The van der Waals surface area contributed by atoms with Gasteiger partial charge in [0.2, 0.25) is 0 Å². The van der Waals surface area contributed by atoms with E-state index in [1.54, 1.807) is 12.8 Å². The van der Waals surface area contributed by atoms with E-state index in [-0.39, 0.29) is 0 Å². The lowest BCUT2D eigenvalue weighted by Crippen LogP contribution is -2.32. The maximum atomic E-state index is 2.64. The first kappa shape index (κ1) is 7.37. The van der Waals surface area contributed by atoms with E-state index < -0.39 is 0 Å². The molecular weight excluding hydrogens is 146 g/mol. The molecule has 12 heavy (non-hydrogen) atoms. The Morgan fingerprint density at radius 3 is 2.92 bits per heavy atom. The fraction of sp³-hybridized carbons (Fsp3) is 1.00. The molecule has 1 heterocycles. The van der Waals surface area contributed by atoms with Crippen molar-refractivity contribution in [1.29, 1.82) is 0 Å². The van der Waals surface area contributed by atoms with Crippen molar-refractivity contribution in [1.82, 2.24) is 4.90 Å². The first-order valence-corrected chi connectivity index (χ1v) is 5.56. The van der Waals surface area contributed by atoms with E-state index in [9.17, 15) is 0 Å². The summed E-state index contributed by atoms with van der Waals surface area (Å²) in [6, 6.07) is 0.998. The van der Waals surface area contributed by atoms with Crippen LogP contribution in [0.1, 0.15) is 32.1 Å². The Balaban J connectivity index is 1.85. The van der Waals surface area contributed by atoms with Gasteiger partial charge < -0.3 is 4.90 Å². The Hall–Kier alpha value is -0.0400. The molecule has 0 spiro atoms. The van der Waals surface area contributed by atoms with Crippen LogP contribution >= 0.6 is 0 Å². The van der Waals surface area contributed by atoms with Crippen molar-refractivity contribution in [3.8, 4) is 0 Å². The molecule has 68 valence electrons. The molecule has 0 amide bonds. The van der Waals surface area contributed by atoms with Crippen LogP contribution in [0.15, 0.2) is 0 Å². The molecule has 0 aromatic carbocycles. The second-order valence-electron chi connectivity index (χ2n) is 5.11. The van der Waals surface area contributed by atoms with Gasteiger partial charge in [-0.15, -0.1) is 0 Å². The average molecular weight is 165 g/mol. The van der Waals surface area contributed by atoms with E-state index in [0.29, 0.717) is 0 Å². The van der Waals surface area contributed by atoms with Gasteiger partial charge >= 0.3 is 0 Å². The summed E-state index contributed by atoms with van der Waals surface area (Å²) in [5, 5.41) is 0. The van der Waals surface area contributed by atoms with E-state index >= 15 is 0 Å². The Labute approximate surface area is 75.1 Å². The van der Waals surface area contributed by atoms with Crippen LogP contribution in [0.3, 0.4) is 0 Å². The second kappa shape index (κ2) is 2.47. The molecule has 1 saturated heterocycles. The van der Waals surface area contributed by atoms with Gasteiger partial charge in [-0.1, -0.05) is 12.8 Å². The minimum absolute atomic E-state index is 0.998. The SMILES string of the molecule is CN1CCC2CC3CCCC3C21. The molecule has 1 heteroatoms. The number of nitrogens with zero attached hydrogens (tertiary/aromatic N) is 1. The fourth-order valence-electron chi connectivity index (χ4n) is 4.18. The largest absolute Gasteiger partial charge is 0.303 e. The van der Waals surface area contributed by atoms with Gasteiger partial charge in [-0.2, -0.15) is 0 Å². The average Bonchev–Trinajstić information content (AvgIpc) is 2.61. The molecule has 0 radical (unpaired) electrons. The first-order valence-electron chi connectivity index (χ1n) is 5.56. The third kappa shape index (κ3) is 0.834. The zero-order valence-corrected chi connectivity index (χ0v) is 8.00. The van der Waals surface area contributed by atoms with Gasteiger partial charge in [-0.25, -0.2) is 0 Å². The van der Waals surface area contributed by atoms with Gasteiger partial charge in [0.1, 0.15) is 0 Å². The van der Waals surface area contributed by atoms with Gasteiger partial charge in [0.15, 0.2) is 0 Å². The molecule has 0 bridgehead atoms. The minimum Gasteiger partial charge on any atom is -0.303 e. The monoisotopic (exact) mass is 165 g/mol. The van der Waals surface area contributed by atoms with Crippen molar-refractivity contribution in [2.45, 2.75) is 38.1 Å². The highest BCUT2D eigenvalue weighted by Gasteiger charge is 2.49. The molecular formula is C11H19N. The molecule has 3 rings (SSSR count). The summed E-state index contributed by atoms with van der Waals surface area (Å²) in [6.45, 7) is 1.37. The predicted octanol–water partition coefficient (Wildman–Crippen LogP) is 2.13. The lowest BCUT2D eigenvalue weighted by atomic mass is 9.96. The molecule has 0 N–H and O–H groups in total. The van der Waals surface area contributed by atoms with Crippen LogP contribution in [0, 0.1) is 17.8 Å². The third-order valence-electron chi connectivity index (χ3n) is 4.61. The van der Waals surface area contributed by atoms with Crippen molar-refractivity contribution < 1.29 is 0 Å². The number of hydrogen-bond acceptors (Lipinski definition) is 1. The molecule has 1 aliphatic heterocycles. The minimum atomic E-state index is 0.998. The van der Waals surface area contributed by atoms with Crippen molar-refractivity contribution in [2.24, 2.45) is 17.8 Å². The van der Waals surface area contributed by atoms with Crippen LogP contribution in [0.25, 0.3) is 0 Å². The summed E-state index contributed by atoms with van der Waals surface area (Å²) in [5.74, 6) is 3.32. The predicted molar refractivity (Wildman–Crippen MR) is 50.0 cm³/mol. The highest BCUT2D eigenvalue weighted by Crippen LogP contribution is 2.51. The van der Waals surface area contributed by atoms with Crippen LogP contribution in [-0.4, -0.2) is 24.5 Å². The van der Waals surface area contributed by atoms with Gasteiger partial charge in [0.25, 0.3) is 0 Å². The smallest absolute Gasteiger partial charge is 0.0152 e. The molecule has 4 atom stereocenters.